The van der Waals surface area contributed by atoms with Crippen molar-refractivity contribution in [2.45, 2.75) is 158 Å². The van der Waals surface area contributed by atoms with E-state index in [-0.39, 0.29) is 30.0 Å². The van der Waals surface area contributed by atoms with Crippen LogP contribution in [0.15, 0.2) is 97.1 Å². The summed E-state index contributed by atoms with van der Waals surface area (Å²) < 4.78 is 12.7. The highest BCUT2D eigenvalue weighted by Gasteiger charge is 2.50. The fourth-order valence-electron chi connectivity index (χ4n) is 12.1. The number of aliphatic hydroxyl groups is 7. The molecule has 0 spiro atoms. The molecule has 4 aliphatic heterocycles. The minimum atomic E-state index is -2.28. The molecule has 0 aliphatic carbocycles. The largest absolute Gasteiger partial charge is 0.508 e. The molecule has 25 nitrogen and oxygen atoms in total. The number of amides is 7. The van der Waals surface area contributed by atoms with Gasteiger partial charge in [0.05, 0.1) is 57.8 Å². The first-order chi connectivity index (χ1) is 42.9. The van der Waals surface area contributed by atoms with Gasteiger partial charge in [-0.25, -0.2) is 0 Å². The van der Waals surface area contributed by atoms with Gasteiger partial charge in [-0.05, 0) is 84.5 Å². The Bertz CT molecular complexity index is 3110. The normalized spacial score (nSPS) is 27.6. The first kappa shape index (κ1) is 68.3. The second kappa shape index (κ2) is 30.5. The summed E-state index contributed by atoms with van der Waals surface area (Å²) in [5, 5.41) is 103. The highest BCUT2D eigenvalue weighted by Crippen LogP contribution is 2.30. The first-order valence-corrected chi connectivity index (χ1v) is 30.9. The second-order valence-corrected chi connectivity index (χ2v) is 24.6. The van der Waals surface area contributed by atoms with Gasteiger partial charge in [0.2, 0.25) is 35.4 Å². The minimum absolute atomic E-state index is 0.0559. The summed E-state index contributed by atoms with van der Waals surface area (Å²) in [6.07, 6.45) is -10.6. The van der Waals surface area contributed by atoms with Crippen LogP contribution in [0.1, 0.15) is 94.7 Å². The lowest BCUT2D eigenvalue weighted by atomic mass is 9.96. The number of ether oxygens (including phenoxy) is 2. The Morgan fingerprint density at radius 3 is 1.78 bits per heavy atom. The Morgan fingerprint density at radius 1 is 0.656 bits per heavy atom. The maximum Gasteiger partial charge on any atom is 0.251 e. The molecule has 0 unspecified atom stereocenters. The quantitative estimate of drug-likeness (QED) is 0.0472. The number of fused-ring (bicyclic) bond motifs is 2. The molecule has 0 aromatic heterocycles. The van der Waals surface area contributed by atoms with E-state index in [1.165, 1.54) is 43.3 Å². The molecule has 488 valence electrons. The average Bonchev–Trinajstić information content (AvgIpc) is 1.67. The summed E-state index contributed by atoms with van der Waals surface area (Å²) in [4.78, 5) is 104. The fourth-order valence-corrected chi connectivity index (χ4v) is 12.1. The highest BCUT2D eigenvalue weighted by molar-refractivity contribution is 6.00. The van der Waals surface area contributed by atoms with Crippen LogP contribution in [0.25, 0.3) is 22.3 Å². The van der Waals surface area contributed by atoms with Crippen LogP contribution in [-0.4, -0.2) is 229 Å². The molecule has 0 radical (unpaired) electrons. The van der Waals surface area contributed by atoms with E-state index in [1.807, 2.05) is 55.6 Å². The number of carbonyl (C=O) groups is 7. The molecule has 25 heteroatoms. The number of rotatable bonds is 18. The number of nitrogens with one attached hydrogen (secondary N) is 5. The number of unbranched alkanes of at least 4 members (excludes halogenated alkanes) is 2. The van der Waals surface area contributed by atoms with Gasteiger partial charge in [-0.3, -0.25) is 33.6 Å². The van der Waals surface area contributed by atoms with Gasteiger partial charge in [-0.1, -0.05) is 87.4 Å². The number of quaternary nitrogens is 1. The average molecular weight is 1250 g/mol. The molecule has 13 N–H and O–H groups in total. The summed E-state index contributed by atoms with van der Waals surface area (Å²) in [5.41, 5.74) is 3.51. The van der Waals surface area contributed by atoms with E-state index in [1.54, 1.807) is 12.1 Å². The molecule has 4 aromatic rings. The zero-order valence-electron chi connectivity index (χ0n) is 51.4. The van der Waals surface area contributed by atoms with E-state index in [4.69, 9.17) is 9.47 Å². The lowest BCUT2D eigenvalue weighted by Gasteiger charge is -2.34. The number of carbonyl (C=O) groups excluding carboxylic acids is 7. The van der Waals surface area contributed by atoms with Crippen LogP contribution in [0.2, 0.25) is 0 Å². The third-order valence-electron chi connectivity index (χ3n) is 17.6. The first-order valence-electron chi connectivity index (χ1n) is 30.9. The number of phenolic OH excluding ortho intramolecular Hbond substituents is 1. The number of likely N-dealkylation sites (tertiary alicyclic amines) is 1. The SMILES string of the molecule is CCCCCOc1ccc(-c2ccc(-c3ccc(C(=O)N[C@H]4C[C@@H](O)[C@@H](OCC[N+]5(C)CCCC5)NC(=O)[C@@H]5[C@@H](O)[C@@H](C)CN5C(=O)[C@H]([C@@H](C)O)NC(=O)[C@H]([C@H](O)[C@@H](O)c5ccc(O)cc5)NC(=O)[C@@H]5C[C@@H](O)CN5C(=O)[C@H]([C@@H](C)O)NC4=O)cc3)cc2)cc1. The lowest BCUT2D eigenvalue weighted by Crippen LogP contribution is -2.64. The number of phenols is 1. The van der Waals surface area contributed by atoms with Crippen LogP contribution < -0.4 is 31.3 Å². The van der Waals surface area contributed by atoms with Crippen molar-refractivity contribution in [2.24, 2.45) is 5.92 Å². The van der Waals surface area contributed by atoms with Crippen LogP contribution in [0.4, 0.5) is 0 Å². The molecule has 15 atom stereocenters. The third kappa shape index (κ3) is 16.7. The van der Waals surface area contributed by atoms with E-state index in [0.29, 0.717) is 17.6 Å². The second-order valence-electron chi connectivity index (χ2n) is 24.6. The Balaban J connectivity index is 1.12. The van der Waals surface area contributed by atoms with Gasteiger partial charge >= 0.3 is 0 Å². The number of aliphatic hydroxyl groups excluding tert-OH is 7. The molecule has 4 aromatic carbocycles. The van der Waals surface area contributed by atoms with Crippen molar-refractivity contribution < 1.29 is 88.4 Å². The number of nitrogens with zero attached hydrogens (tertiary/aromatic N) is 3. The third-order valence-corrected chi connectivity index (χ3v) is 17.6. The van der Waals surface area contributed by atoms with Crippen molar-refractivity contribution in [3.05, 3.63) is 108 Å². The fraction of sp³-hybridized carbons (Fsp3) is 0.523. The number of likely N-dealkylation sites (N-methyl/N-ethyl adjacent to an activating group) is 1. The van der Waals surface area contributed by atoms with Gasteiger partial charge in [-0.2, -0.15) is 0 Å². The molecule has 8 rings (SSSR count). The zero-order valence-corrected chi connectivity index (χ0v) is 51.4. The molecule has 4 aliphatic rings. The van der Waals surface area contributed by atoms with Crippen molar-refractivity contribution in [1.82, 2.24) is 36.4 Å². The topological polar surface area (TPSA) is 366 Å². The van der Waals surface area contributed by atoms with E-state index >= 15 is 0 Å². The number of aromatic hydroxyl groups is 1. The molecule has 90 heavy (non-hydrogen) atoms. The predicted molar refractivity (Wildman–Crippen MR) is 327 cm³/mol. The smallest absolute Gasteiger partial charge is 0.251 e. The monoisotopic (exact) mass is 1250 g/mol. The van der Waals surface area contributed by atoms with Crippen LogP contribution in [0.5, 0.6) is 11.5 Å². The van der Waals surface area contributed by atoms with Gasteiger partial charge in [0.25, 0.3) is 5.91 Å². The Kier molecular flexibility index (Phi) is 23.1. The van der Waals surface area contributed by atoms with Crippen molar-refractivity contribution in [3.8, 4) is 33.8 Å². The molecule has 0 saturated carbocycles. The molecule has 4 fully saturated rings. The molecule has 7 amide bonds. The Hall–Kier alpha value is -7.59. The minimum Gasteiger partial charge on any atom is -0.508 e. The molecule has 4 heterocycles. The molecule has 0 bridgehead atoms. The standard InChI is InChI=1S/C65H86N8O17/c1-6-7-10-30-89-47-25-21-42(22-26-47)40-13-11-39(12-14-40)41-15-17-44(18-16-41)58(82)66-48-33-50(78)63(90-31-29-73(5)27-8-9-28-73)70-62(86)54-55(79)36(2)34-72(54)65(88)52(38(4)75)68-61(85)53(57(81)56(80)43-19-23-45(76)24-20-43)69-60(84)49-32-46(77)35-71(49)64(87)51(37(3)74)67-59(48)83/h11-26,36-38,46,48-57,63,74-75,77-81H,6-10,27-35H2,1-5H3,(H5-,66,67,68,69,70,76,82,83,84,85,86)/p+1/t36-,37+,38+,46+,48-,49-,50+,51-,52-,53-,54-,55-,56-,57-,63+/m0/s1. The van der Waals surface area contributed by atoms with Crippen LogP contribution in [0.3, 0.4) is 0 Å². The Labute approximate surface area is 522 Å². The molecular formula is C65H87N8O17+. The summed E-state index contributed by atoms with van der Waals surface area (Å²) >= 11 is 0. The van der Waals surface area contributed by atoms with E-state index in [2.05, 4.69) is 33.5 Å². The molecule has 4 saturated heterocycles. The van der Waals surface area contributed by atoms with Gasteiger partial charge in [0, 0.05) is 50.3 Å². The van der Waals surface area contributed by atoms with Crippen LogP contribution >= 0.6 is 0 Å². The summed E-state index contributed by atoms with van der Waals surface area (Å²) in [7, 11) is 2.02. The maximum atomic E-state index is 14.9. The van der Waals surface area contributed by atoms with E-state index < -0.39 is 152 Å². The Morgan fingerprint density at radius 2 is 1.20 bits per heavy atom. The van der Waals surface area contributed by atoms with Crippen molar-refractivity contribution >= 4 is 41.4 Å². The molecular weight excluding hydrogens is 1160 g/mol. The predicted octanol–water partition coefficient (Wildman–Crippen LogP) is 0.338. The van der Waals surface area contributed by atoms with E-state index in [0.717, 1.165) is 96.8 Å². The summed E-state index contributed by atoms with van der Waals surface area (Å²) in [5.74, 6) is -8.16. The summed E-state index contributed by atoms with van der Waals surface area (Å²) in [6.45, 7) is 7.64. The van der Waals surface area contributed by atoms with Gasteiger partial charge < -0.3 is 91.2 Å². The highest BCUT2D eigenvalue weighted by atomic mass is 16.5. The van der Waals surface area contributed by atoms with Crippen molar-refractivity contribution in [1.29, 1.82) is 0 Å². The number of benzene rings is 4. The summed E-state index contributed by atoms with van der Waals surface area (Å²) in [6, 6.07) is 15.4. The van der Waals surface area contributed by atoms with Crippen molar-refractivity contribution in [3.63, 3.8) is 0 Å². The van der Waals surface area contributed by atoms with Crippen LogP contribution in [0, 0.1) is 5.92 Å². The van der Waals surface area contributed by atoms with Gasteiger partial charge in [0.1, 0.15) is 72.6 Å². The zero-order chi connectivity index (χ0) is 65.1. The van der Waals surface area contributed by atoms with E-state index in [9.17, 15) is 74.4 Å². The maximum absolute atomic E-state index is 14.9. The van der Waals surface area contributed by atoms with Gasteiger partial charge in [0.15, 0.2) is 6.23 Å². The lowest BCUT2D eigenvalue weighted by molar-refractivity contribution is -0.898. The van der Waals surface area contributed by atoms with Crippen LogP contribution in [-0.2, 0) is 33.5 Å². The number of hydrogen-bond donors (Lipinski definition) is 13. The van der Waals surface area contributed by atoms with Crippen molar-refractivity contribution in [2.75, 3.05) is 53.0 Å². The van der Waals surface area contributed by atoms with Gasteiger partial charge in [-0.15, -0.1) is 0 Å². The number of hydrogen-bond acceptors (Lipinski definition) is 17.